The lowest BCUT2D eigenvalue weighted by Gasteiger charge is -2.34. The normalized spacial score (nSPS) is 19.9. The van der Waals surface area contributed by atoms with Crippen molar-refractivity contribution in [1.29, 1.82) is 0 Å². The molecule has 0 saturated carbocycles. The lowest BCUT2D eigenvalue weighted by atomic mass is 9.92. The van der Waals surface area contributed by atoms with Crippen LogP contribution in [0.1, 0.15) is 42.7 Å². The van der Waals surface area contributed by atoms with Gasteiger partial charge in [0.2, 0.25) is 5.91 Å². The van der Waals surface area contributed by atoms with Crippen LogP contribution in [0.25, 0.3) is 0 Å². The van der Waals surface area contributed by atoms with Crippen molar-refractivity contribution in [2.45, 2.75) is 33.2 Å². The van der Waals surface area contributed by atoms with Crippen molar-refractivity contribution in [3.63, 3.8) is 0 Å². The third-order valence-corrected chi connectivity index (χ3v) is 5.61. The molecule has 0 bridgehead atoms. The van der Waals surface area contributed by atoms with Gasteiger partial charge < -0.3 is 10.6 Å². The van der Waals surface area contributed by atoms with Gasteiger partial charge in [-0.05, 0) is 30.4 Å². The topological polar surface area (TPSA) is 74.3 Å². The molecule has 150 valence electrons. The summed E-state index contributed by atoms with van der Waals surface area (Å²) < 4.78 is 0. The van der Waals surface area contributed by atoms with Crippen molar-refractivity contribution < 1.29 is 9.59 Å². The number of rotatable bonds is 7. The minimum absolute atomic E-state index is 0.144. The van der Waals surface area contributed by atoms with Gasteiger partial charge in [0, 0.05) is 43.5 Å². The number of hydrogen-bond acceptors (Lipinski definition) is 5. The van der Waals surface area contributed by atoms with E-state index in [0.717, 1.165) is 25.3 Å². The minimum atomic E-state index is -0.171. The third-order valence-electron chi connectivity index (χ3n) is 4.80. The predicted octanol–water partition coefficient (Wildman–Crippen LogP) is 3.38. The molecule has 2 N–H and O–H groups in total. The molecule has 1 aromatic carbocycles. The maximum Gasteiger partial charge on any atom is 0.251 e. The van der Waals surface area contributed by atoms with Gasteiger partial charge in [-0.3, -0.25) is 14.5 Å². The largest absolute Gasteiger partial charge is 0.352 e. The van der Waals surface area contributed by atoms with Crippen molar-refractivity contribution in [2.24, 2.45) is 11.8 Å². The monoisotopic (exact) mass is 400 g/mol. The van der Waals surface area contributed by atoms with E-state index in [1.54, 1.807) is 12.1 Å². The number of hydrogen-bond donors (Lipinski definition) is 2. The number of anilines is 1. The SMILES string of the molecule is C[C@@H]1C[C@@H](C)CN(Cc2csc(NC(=O)CCNC(=O)c3ccccc3)n2)C1. The molecule has 0 aliphatic carbocycles. The summed E-state index contributed by atoms with van der Waals surface area (Å²) in [6, 6.07) is 8.98. The zero-order chi connectivity index (χ0) is 19.9. The molecule has 0 radical (unpaired) electrons. The highest BCUT2D eigenvalue weighted by Gasteiger charge is 2.22. The zero-order valence-electron chi connectivity index (χ0n) is 16.5. The van der Waals surface area contributed by atoms with Gasteiger partial charge in [0.15, 0.2) is 5.13 Å². The average molecular weight is 401 g/mol. The van der Waals surface area contributed by atoms with Crippen molar-refractivity contribution in [1.82, 2.24) is 15.2 Å². The number of aromatic nitrogens is 1. The van der Waals surface area contributed by atoms with E-state index in [9.17, 15) is 9.59 Å². The molecule has 1 aliphatic heterocycles. The standard InChI is InChI=1S/C21H28N4O2S/c1-15-10-16(2)12-25(11-15)13-18-14-28-21(23-18)24-19(26)8-9-22-20(27)17-6-4-3-5-7-17/h3-7,14-16H,8-13H2,1-2H3,(H,22,27)(H,23,24,26)/t15-,16-/m1/s1. The van der Waals surface area contributed by atoms with E-state index in [2.05, 4.69) is 34.4 Å². The first kappa shape index (κ1) is 20.5. The van der Waals surface area contributed by atoms with Crippen LogP contribution < -0.4 is 10.6 Å². The molecule has 1 fully saturated rings. The molecule has 28 heavy (non-hydrogen) atoms. The molecule has 1 aromatic heterocycles. The zero-order valence-corrected chi connectivity index (χ0v) is 17.3. The van der Waals surface area contributed by atoms with E-state index in [1.165, 1.54) is 17.8 Å². The first-order chi connectivity index (χ1) is 13.5. The molecular formula is C21H28N4O2S. The predicted molar refractivity (Wildman–Crippen MR) is 112 cm³/mol. The number of carbonyl (C=O) groups excluding carboxylic acids is 2. The first-order valence-electron chi connectivity index (χ1n) is 9.79. The highest BCUT2D eigenvalue weighted by molar-refractivity contribution is 7.13. The number of carbonyl (C=O) groups is 2. The number of likely N-dealkylation sites (tertiary alicyclic amines) is 1. The molecule has 3 rings (SSSR count). The fourth-order valence-electron chi connectivity index (χ4n) is 3.75. The van der Waals surface area contributed by atoms with Gasteiger partial charge in [0.05, 0.1) is 5.69 Å². The second-order valence-electron chi connectivity index (χ2n) is 7.70. The second kappa shape index (κ2) is 9.80. The molecule has 2 heterocycles. The Hall–Kier alpha value is -2.25. The van der Waals surface area contributed by atoms with E-state index in [-0.39, 0.29) is 18.2 Å². The molecule has 7 heteroatoms. The Balaban J connectivity index is 1.40. The summed E-state index contributed by atoms with van der Waals surface area (Å²) in [5.41, 5.74) is 1.59. The number of piperidine rings is 1. The van der Waals surface area contributed by atoms with Crippen LogP contribution in [0.4, 0.5) is 5.13 Å². The summed E-state index contributed by atoms with van der Waals surface area (Å²) in [5.74, 6) is 1.12. The first-order valence-corrected chi connectivity index (χ1v) is 10.7. The van der Waals surface area contributed by atoms with Gasteiger partial charge in [-0.2, -0.15) is 0 Å². The molecule has 2 amide bonds. The Kier molecular flexibility index (Phi) is 7.17. The minimum Gasteiger partial charge on any atom is -0.352 e. The quantitative estimate of drug-likeness (QED) is 0.747. The van der Waals surface area contributed by atoms with Crippen molar-refractivity contribution >= 4 is 28.3 Å². The van der Waals surface area contributed by atoms with Crippen LogP contribution in [0.5, 0.6) is 0 Å². The molecule has 1 aliphatic rings. The van der Waals surface area contributed by atoms with Gasteiger partial charge in [-0.25, -0.2) is 4.98 Å². The summed E-state index contributed by atoms with van der Waals surface area (Å²) >= 11 is 1.45. The summed E-state index contributed by atoms with van der Waals surface area (Å²) in [5, 5.41) is 8.22. The van der Waals surface area contributed by atoms with E-state index < -0.39 is 0 Å². The molecule has 6 nitrogen and oxygen atoms in total. The summed E-state index contributed by atoms with van der Waals surface area (Å²) in [6.07, 6.45) is 1.50. The molecule has 1 saturated heterocycles. The second-order valence-corrected chi connectivity index (χ2v) is 8.56. The molecule has 0 spiro atoms. The maximum absolute atomic E-state index is 12.1. The van der Waals surface area contributed by atoms with Crippen molar-refractivity contribution in [3.05, 3.63) is 47.0 Å². The Morgan fingerprint density at radius 1 is 1.18 bits per heavy atom. The van der Waals surface area contributed by atoms with Crippen LogP contribution in [0.2, 0.25) is 0 Å². The summed E-state index contributed by atoms with van der Waals surface area (Å²) in [6.45, 7) is 7.92. The Bertz CT molecular complexity index is 783. The number of nitrogens with zero attached hydrogens (tertiary/aromatic N) is 2. The van der Waals surface area contributed by atoms with Crippen LogP contribution >= 0.6 is 11.3 Å². The van der Waals surface area contributed by atoms with Gasteiger partial charge in [0.25, 0.3) is 5.91 Å². The third kappa shape index (κ3) is 6.14. The lowest BCUT2D eigenvalue weighted by Crippen LogP contribution is -2.38. The number of thiazole rings is 1. The molecule has 2 atom stereocenters. The Morgan fingerprint density at radius 3 is 2.61 bits per heavy atom. The lowest BCUT2D eigenvalue weighted by molar-refractivity contribution is -0.116. The van der Waals surface area contributed by atoms with Crippen LogP contribution in [0, 0.1) is 11.8 Å². The maximum atomic E-state index is 12.1. The highest BCUT2D eigenvalue weighted by atomic mass is 32.1. The van der Waals surface area contributed by atoms with Gasteiger partial charge in [-0.15, -0.1) is 11.3 Å². The molecular weight excluding hydrogens is 372 g/mol. The smallest absolute Gasteiger partial charge is 0.251 e. The van der Waals surface area contributed by atoms with Gasteiger partial charge in [0.1, 0.15) is 0 Å². The number of amides is 2. The molecule has 0 unspecified atom stereocenters. The van der Waals surface area contributed by atoms with Crippen LogP contribution in [0.3, 0.4) is 0 Å². The van der Waals surface area contributed by atoms with E-state index in [0.29, 0.717) is 29.1 Å². The fraction of sp³-hybridized carbons (Fsp3) is 0.476. The van der Waals surface area contributed by atoms with Gasteiger partial charge in [-0.1, -0.05) is 32.0 Å². The number of nitrogens with one attached hydrogen (secondary N) is 2. The Morgan fingerprint density at radius 2 is 1.89 bits per heavy atom. The highest BCUT2D eigenvalue weighted by Crippen LogP contribution is 2.24. The Labute approximate surface area is 170 Å². The van der Waals surface area contributed by atoms with Crippen molar-refractivity contribution in [3.8, 4) is 0 Å². The summed E-state index contributed by atoms with van der Waals surface area (Å²) in [4.78, 5) is 31.1. The van der Waals surface area contributed by atoms with Crippen LogP contribution in [-0.2, 0) is 11.3 Å². The summed E-state index contributed by atoms with van der Waals surface area (Å²) in [7, 11) is 0. The van der Waals surface area contributed by atoms with Gasteiger partial charge >= 0.3 is 0 Å². The van der Waals surface area contributed by atoms with E-state index >= 15 is 0 Å². The van der Waals surface area contributed by atoms with E-state index in [4.69, 9.17) is 0 Å². The average Bonchev–Trinajstić information content (AvgIpc) is 3.08. The van der Waals surface area contributed by atoms with Crippen molar-refractivity contribution in [2.75, 3.05) is 25.0 Å². The van der Waals surface area contributed by atoms with E-state index in [1.807, 2.05) is 23.6 Å². The fourth-order valence-corrected chi connectivity index (χ4v) is 4.47. The number of benzene rings is 1. The van der Waals surface area contributed by atoms with Crippen LogP contribution in [-0.4, -0.2) is 41.3 Å². The molecule has 2 aromatic rings. The van der Waals surface area contributed by atoms with Crippen LogP contribution in [0.15, 0.2) is 35.7 Å².